The van der Waals surface area contributed by atoms with Crippen LogP contribution in [0.3, 0.4) is 0 Å². The molecule has 5 heteroatoms. The molecule has 20 heavy (non-hydrogen) atoms. The van der Waals surface area contributed by atoms with Crippen LogP contribution in [0.5, 0.6) is 0 Å². The molecular weight excluding hydrogens is 258 g/mol. The van der Waals surface area contributed by atoms with Crippen LogP contribution >= 0.6 is 0 Å². The van der Waals surface area contributed by atoms with Gasteiger partial charge >= 0.3 is 12.1 Å². The summed E-state index contributed by atoms with van der Waals surface area (Å²) >= 11 is 0. The second-order valence-electron chi connectivity index (χ2n) is 6.43. The Morgan fingerprint density at radius 3 is 2.40 bits per heavy atom. The van der Waals surface area contributed by atoms with Crippen LogP contribution in [-0.4, -0.2) is 30.8 Å². The van der Waals surface area contributed by atoms with Crippen LogP contribution in [0.4, 0.5) is 4.79 Å². The van der Waals surface area contributed by atoms with Crippen molar-refractivity contribution in [2.24, 2.45) is 5.92 Å². The maximum absolute atomic E-state index is 11.9. The van der Waals surface area contributed by atoms with Crippen LogP contribution in [0, 0.1) is 5.92 Å². The molecule has 1 N–H and O–H groups in total. The Kier molecular flexibility index (Phi) is 6.30. The number of amides is 1. The summed E-state index contributed by atoms with van der Waals surface area (Å²) in [7, 11) is 1.40. The van der Waals surface area contributed by atoms with Gasteiger partial charge in [-0.2, -0.15) is 0 Å². The molecule has 1 aliphatic rings. The molecule has 0 heterocycles. The molecule has 0 aromatic rings. The number of alkyl carbamates (subject to hydrolysis) is 1. The van der Waals surface area contributed by atoms with Gasteiger partial charge in [-0.15, -0.1) is 0 Å². The molecule has 1 aliphatic carbocycles. The Morgan fingerprint density at radius 1 is 1.15 bits per heavy atom. The summed E-state index contributed by atoms with van der Waals surface area (Å²) in [5.74, 6) is -0.0784. The summed E-state index contributed by atoms with van der Waals surface area (Å²) in [5, 5.41) is 2.93. The highest BCUT2D eigenvalue weighted by molar-refractivity contribution is 5.70. The fourth-order valence-corrected chi connectivity index (χ4v) is 2.58. The maximum Gasteiger partial charge on any atom is 0.407 e. The topological polar surface area (TPSA) is 64.6 Å². The normalized spacial score (nSPS) is 23.6. The lowest BCUT2D eigenvalue weighted by Gasteiger charge is -2.27. The molecule has 1 amide bonds. The first kappa shape index (κ1) is 16.8. The summed E-state index contributed by atoms with van der Waals surface area (Å²) in [5.41, 5.74) is -0.507. The van der Waals surface area contributed by atoms with Crippen LogP contribution in [0.2, 0.25) is 0 Å². The molecule has 0 saturated heterocycles. The molecule has 0 bridgehead atoms. The van der Waals surface area contributed by atoms with E-state index in [9.17, 15) is 9.59 Å². The summed E-state index contributed by atoms with van der Waals surface area (Å²) < 4.78 is 10.0. The first-order valence-corrected chi connectivity index (χ1v) is 7.38. The second-order valence-corrected chi connectivity index (χ2v) is 6.43. The van der Waals surface area contributed by atoms with Gasteiger partial charge in [0, 0.05) is 6.04 Å². The summed E-state index contributed by atoms with van der Waals surface area (Å²) in [6.07, 6.45) is 5.09. The molecule has 116 valence electrons. The third kappa shape index (κ3) is 6.26. The van der Waals surface area contributed by atoms with Gasteiger partial charge in [-0.1, -0.05) is 19.3 Å². The van der Waals surface area contributed by atoms with Crippen molar-refractivity contribution < 1.29 is 19.1 Å². The minimum absolute atomic E-state index is 0.00792. The Balaban J connectivity index is 2.61. The van der Waals surface area contributed by atoms with E-state index in [1.165, 1.54) is 7.11 Å². The van der Waals surface area contributed by atoms with Gasteiger partial charge in [0.2, 0.25) is 0 Å². The minimum atomic E-state index is -0.507. The highest BCUT2D eigenvalue weighted by atomic mass is 16.6. The van der Waals surface area contributed by atoms with Crippen molar-refractivity contribution >= 4 is 12.1 Å². The van der Waals surface area contributed by atoms with E-state index in [0.29, 0.717) is 6.42 Å². The van der Waals surface area contributed by atoms with Crippen LogP contribution in [0.1, 0.15) is 59.3 Å². The molecule has 1 fully saturated rings. The molecule has 2 unspecified atom stereocenters. The zero-order chi connectivity index (χ0) is 15.2. The van der Waals surface area contributed by atoms with Crippen molar-refractivity contribution in [1.82, 2.24) is 5.32 Å². The van der Waals surface area contributed by atoms with E-state index in [4.69, 9.17) is 9.47 Å². The van der Waals surface area contributed by atoms with E-state index in [1.54, 1.807) is 0 Å². The van der Waals surface area contributed by atoms with Crippen molar-refractivity contribution in [1.29, 1.82) is 0 Å². The number of ether oxygens (including phenoxy) is 2. The fourth-order valence-electron chi connectivity index (χ4n) is 2.58. The predicted octanol–water partition coefficient (Wildman–Crippen LogP) is 3.02. The fraction of sp³-hybridized carbons (Fsp3) is 0.867. The number of methoxy groups -OCH3 is 1. The van der Waals surface area contributed by atoms with Gasteiger partial charge in [-0.3, -0.25) is 4.79 Å². The Bertz CT molecular complexity index is 335. The number of carbonyl (C=O) groups is 2. The van der Waals surface area contributed by atoms with Crippen molar-refractivity contribution in [3.63, 3.8) is 0 Å². The van der Waals surface area contributed by atoms with E-state index < -0.39 is 11.7 Å². The lowest BCUT2D eigenvalue weighted by molar-refractivity contribution is -0.142. The predicted molar refractivity (Wildman–Crippen MR) is 76.4 cm³/mol. The molecule has 1 saturated carbocycles. The lowest BCUT2D eigenvalue weighted by Crippen LogP contribution is -2.43. The van der Waals surface area contributed by atoms with Crippen molar-refractivity contribution in [3.05, 3.63) is 0 Å². The third-order valence-electron chi connectivity index (χ3n) is 3.52. The standard InChI is InChI=1S/C15H27NO4/c1-15(2,3)20-14(18)16-12-9-7-5-6-8-11(12)10-13(17)19-4/h11-12H,5-10H2,1-4H3,(H,16,18). The molecule has 0 spiro atoms. The highest BCUT2D eigenvalue weighted by Gasteiger charge is 2.29. The van der Waals surface area contributed by atoms with Crippen LogP contribution in [0.25, 0.3) is 0 Å². The second kappa shape index (κ2) is 7.50. The highest BCUT2D eigenvalue weighted by Crippen LogP contribution is 2.26. The quantitative estimate of drug-likeness (QED) is 0.639. The van der Waals surface area contributed by atoms with Gasteiger partial charge in [-0.05, 0) is 39.5 Å². The summed E-state index contributed by atoms with van der Waals surface area (Å²) in [4.78, 5) is 23.4. The van der Waals surface area contributed by atoms with Crippen molar-refractivity contribution in [3.8, 4) is 0 Å². The van der Waals surface area contributed by atoms with Crippen molar-refractivity contribution in [2.75, 3.05) is 7.11 Å². The van der Waals surface area contributed by atoms with E-state index in [-0.39, 0.29) is 17.9 Å². The molecule has 5 nitrogen and oxygen atoms in total. The van der Waals surface area contributed by atoms with Crippen molar-refractivity contribution in [2.45, 2.75) is 70.9 Å². The zero-order valence-corrected chi connectivity index (χ0v) is 13.0. The monoisotopic (exact) mass is 285 g/mol. The van der Waals surface area contributed by atoms with Gasteiger partial charge in [0.25, 0.3) is 0 Å². The van der Waals surface area contributed by atoms with Gasteiger partial charge in [0.15, 0.2) is 0 Å². The van der Waals surface area contributed by atoms with Gasteiger partial charge in [0.1, 0.15) is 5.60 Å². The number of rotatable bonds is 3. The van der Waals surface area contributed by atoms with E-state index in [0.717, 1.165) is 32.1 Å². The zero-order valence-electron chi connectivity index (χ0n) is 13.0. The van der Waals surface area contributed by atoms with Crippen LogP contribution < -0.4 is 5.32 Å². The average Bonchev–Trinajstić information content (AvgIpc) is 2.53. The third-order valence-corrected chi connectivity index (χ3v) is 3.52. The molecule has 2 atom stereocenters. The van der Waals surface area contributed by atoms with Crippen LogP contribution in [0.15, 0.2) is 0 Å². The lowest BCUT2D eigenvalue weighted by atomic mass is 9.91. The smallest absolute Gasteiger partial charge is 0.407 e. The molecule has 0 aromatic heterocycles. The first-order chi connectivity index (χ1) is 9.31. The van der Waals surface area contributed by atoms with Crippen LogP contribution in [-0.2, 0) is 14.3 Å². The largest absolute Gasteiger partial charge is 0.469 e. The number of esters is 1. The number of nitrogens with one attached hydrogen (secondary N) is 1. The van der Waals surface area contributed by atoms with E-state index in [2.05, 4.69) is 5.32 Å². The first-order valence-electron chi connectivity index (χ1n) is 7.38. The van der Waals surface area contributed by atoms with Gasteiger partial charge < -0.3 is 14.8 Å². The Labute approximate surface area is 121 Å². The number of hydrogen-bond donors (Lipinski definition) is 1. The van der Waals surface area contributed by atoms with Gasteiger partial charge in [0.05, 0.1) is 13.5 Å². The summed E-state index contributed by atoms with van der Waals surface area (Å²) in [6, 6.07) is -0.00792. The van der Waals surface area contributed by atoms with E-state index in [1.807, 2.05) is 20.8 Å². The molecule has 0 aliphatic heterocycles. The molecule has 0 radical (unpaired) electrons. The minimum Gasteiger partial charge on any atom is -0.469 e. The van der Waals surface area contributed by atoms with Gasteiger partial charge in [-0.25, -0.2) is 4.79 Å². The number of hydrogen-bond acceptors (Lipinski definition) is 4. The molecule has 0 aromatic carbocycles. The summed E-state index contributed by atoms with van der Waals surface area (Å²) in [6.45, 7) is 5.52. The SMILES string of the molecule is COC(=O)CC1CCCCCC1NC(=O)OC(C)(C)C. The Hall–Kier alpha value is -1.26. The molecular formula is C15H27NO4. The van der Waals surface area contributed by atoms with E-state index >= 15 is 0 Å². The Morgan fingerprint density at radius 2 is 1.80 bits per heavy atom. The molecule has 1 rings (SSSR count). The number of carbonyl (C=O) groups excluding carboxylic acids is 2. The average molecular weight is 285 g/mol. The maximum atomic E-state index is 11.9.